The first-order chi connectivity index (χ1) is 10.7. The molecule has 1 aromatic carbocycles. The molecule has 2 N–H and O–H groups in total. The Labute approximate surface area is 130 Å². The zero-order valence-electron chi connectivity index (χ0n) is 12.3. The van der Waals surface area contributed by atoms with Gasteiger partial charge >= 0.3 is 0 Å². The first-order valence-electron chi connectivity index (χ1n) is 6.33. The smallest absolute Gasteiger partial charge is 0.258 e. The van der Waals surface area contributed by atoms with Gasteiger partial charge in [-0.1, -0.05) is 17.8 Å². The molecule has 0 bridgehead atoms. The number of para-hydroxylation sites is 1. The van der Waals surface area contributed by atoms with Gasteiger partial charge in [0.1, 0.15) is 0 Å². The van der Waals surface area contributed by atoms with Crippen molar-refractivity contribution < 1.29 is 9.47 Å². The predicted octanol–water partition coefficient (Wildman–Crippen LogP) is 1.51. The number of rotatable bonds is 4. The lowest BCUT2D eigenvalue weighted by Crippen LogP contribution is -2.04. The van der Waals surface area contributed by atoms with Gasteiger partial charge in [-0.15, -0.1) is 5.10 Å². The summed E-state index contributed by atoms with van der Waals surface area (Å²) in [4.78, 5) is 12.8. The van der Waals surface area contributed by atoms with Gasteiger partial charge < -0.3 is 15.2 Å². The lowest BCUT2D eigenvalue weighted by atomic mass is 10.2. The highest BCUT2D eigenvalue weighted by Gasteiger charge is 2.17. The molecule has 9 heteroatoms. The summed E-state index contributed by atoms with van der Waals surface area (Å²) in [6.07, 6.45) is 1.87. The first-order valence-corrected chi connectivity index (χ1v) is 7.56. The Kier molecular flexibility index (Phi) is 3.72. The van der Waals surface area contributed by atoms with Crippen molar-refractivity contribution in [2.24, 2.45) is 0 Å². The number of methoxy groups -OCH3 is 2. The average molecular weight is 318 g/mol. The second kappa shape index (κ2) is 5.68. The Morgan fingerprint density at radius 1 is 1.14 bits per heavy atom. The summed E-state index contributed by atoms with van der Waals surface area (Å²) in [5.74, 6) is 2.21. The third kappa shape index (κ3) is 2.29. The maximum absolute atomic E-state index is 5.89. The Morgan fingerprint density at radius 3 is 2.64 bits per heavy atom. The van der Waals surface area contributed by atoms with Crippen LogP contribution >= 0.6 is 11.8 Å². The number of benzene rings is 1. The summed E-state index contributed by atoms with van der Waals surface area (Å²) >= 11 is 1.39. The van der Waals surface area contributed by atoms with Gasteiger partial charge in [-0.2, -0.15) is 19.5 Å². The van der Waals surface area contributed by atoms with E-state index in [0.717, 1.165) is 0 Å². The molecule has 0 atom stereocenters. The van der Waals surface area contributed by atoms with E-state index in [1.807, 2.05) is 18.4 Å². The van der Waals surface area contributed by atoms with Crippen LogP contribution in [-0.2, 0) is 0 Å². The number of fused-ring (bicyclic) bond motifs is 1. The Balaban J connectivity index is 2.21. The van der Waals surface area contributed by atoms with Gasteiger partial charge in [0.25, 0.3) is 5.78 Å². The number of thioether (sulfide) groups is 1. The topological polar surface area (TPSA) is 100 Å². The van der Waals surface area contributed by atoms with Crippen LogP contribution in [0.3, 0.4) is 0 Å². The van der Waals surface area contributed by atoms with E-state index in [4.69, 9.17) is 15.2 Å². The molecular weight excluding hydrogens is 304 g/mol. The van der Waals surface area contributed by atoms with Crippen molar-refractivity contribution in [2.75, 3.05) is 26.2 Å². The quantitative estimate of drug-likeness (QED) is 0.722. The van der Waals surface area contributed by atoms with E-state index in [1.165, 1.54) is 16.3 Å². The van der Waals surface area contributed by atoms with Crippen molar-refractivity contribution in [2.45, 2.75) is 5.16 Å². The lowest BCUT2D eigenvalue weighted by Gasteiger charge is -2.09. The average Bonchev–Trinajstić information content (AvgIpc) is 2.98. The van der Waals surface area contributed by atoms with Crippen molar-refractivity contribution in [1.29, 1.82) is 0 Å². The molecule has 2 heterocycles. The molecule has 0 saturated carbocycles. The second-order valence-electron chi connectivity index (χ2n) is 4.26. The van der Waals surface area contributed by atoms with Crippen LogP contribution in [0, 0.1) is 0 Å². The number of nitrogens with zero attached hydrogens (tertiary/aromatic N) is 5. The van der Waals surface area contributed by atoms with E-state index in [0.29, 0.717) is 33.8 Å². The van der Waals surface area contributed by atoms with Crippen molar-refractivity contribution >= 4 is 23.5 Å². The molecule has 3 aromatic rings. The fraction of sp³-hybridized carbons (Fsp3) is 0.231. The van der Waals surface area contributed by atoms with Gasteiger partial charge in [0.2, 0.25) is 5.95 Å². The van der Waals surface area contributed by atoms with Crippen LogP contribution in [-0.4, -0.2) is 45.0 Å². The molecule has 3 rings (SSSR count). The van der Waals surface area contributed by atoms with E-state index in [2.05, 4.69) is 20.1 Å². The zero-order chi connectivity index (χ0) is 15.7. The lowest BCUT2D eigenvalue weighted by molar-refractivity contribution is 0.356. The molecule has 0 unspecified atom stereocenters. The van der Waals surface area contributed by atoms with Crippen molar-refractivity contribution in [3.05, 3.63) is 18.2 Å². The van der Waals surface area contributed by atoms with E-state index in [-0.39, 0.29) is 5.95 Å². The number of ether oxygens (including phenoxy) is 2. The van der Waals surface area contributed by atoms with E-state index < -0.39 is 0 Å². The number of hydrogen-bond donors (Lipinski definition) is 1. The molecule has 0 amide bonds. The second-order valence-corrected chi connectivity index (χ2v) is 5.03. The minimum absolute atomic E-state index is 0.231. The minimum Gasteiger partial charge on any atom is -0.493 e. The molecule has 114 valence electrons. The van der Waals surface area contributed by atoms with Gasteiger partial charge in [0, 0.05) is 0 Å². The van der Waals surface area contributed by atoms with E-state index in [9.17, 15) is 0 Å². The van der Waals surface area contributed by atoms with Crippen molar-refractivity contribution in [1.82, 2.24) is 24.6 Å². The normalized spacial score (nSPS) is 10.9. The Bertz CT molecular complexity index is 835. The largest absolute Gasteiger partial charge is 0.493 e. The summed E-state index contributed by atoms with van der Waals surface area (Å²) in [6.45, 7) is 0. The van der Waals surface area contributed by atoms with Crippen LogP contribution in [0.1, 0.15) is 0 Å². The van der Waals surface area contributed by atoms with Crippen LogP contribution < -0.4 is 15.2 Å². The zero-order valence-corrected chi connectivity index (χ0v) is 13.1. The highest BCUT2D eigenvalue weighted by Crippen LogP contribution is 2.36. The molecule has 0 aliphatic rings. The van der Waals surface area contributed by atoms with E-state index >= 15 is 0 Å². The molecule has 0 fully saturated rings. The Hall–Kier alpha value is -2.55. The van der Waals surface area contributed by atoms with Crippen LogP contribution in [0.4, 0.5) is 5.95 Å². The third-order valence-electron chi connectivity index (χ3n) is 3.04. The summed E-state index contributed by atoms with van der Waals surface area (Å²) in [5.41, 5.74) is 6.58. The van der Waals surface area contributed by atoms with Crippen LogP contribution in [0.15, 0.2) is 23.4 Å². The summed E-state index contributed by atoms with van der Waals surface area (Å²) in [5, 5.41) is 4.90. The molecule has 0 aliphatic carbocycles. The number of hydrogen-bond acceptors (Lipinski definition) is 8. The molecule has 2 aromatic heterocycles. The number of aromatic nitrogens is 5. The highest BCUT2D eigenvalue weighted by molar-refractivity contribution is 7.98. The monoisotopic (exact) mass is 318 g/mol. The maximum Gasteiger partial charge on any atom is 0.258 e. The standard InChI is InChI=1S/C13H14N6O2S/c1-20-8-6-4-5-7(9(8)21-2)10-15-12-17-13(22-3)16-11(14)19(12)18-10/h4-6H,1-3H3,(H2,14,15,16,17,18). The predicted molar refractivity (Wildman–Crippen MR) is 83.3 cm³/mol. The fourth-order valence-electron chi connectivity index (χ4n) is 2.05. The van der Waals surface area contributed by atoms with Gasteiger partial charge in [-0.3, -0.25) is 0 Å². The number of nitrogen functional groups attached to an aromatic ring is 1. The minimum atomic E-state index is 0.231. The summed E-state index contributed by atoms with van der Waals surface area (Å²) in [6, 6.07) is 5.48. The van der Waals surface area contributed by atoms with E-state index in [1.54, 1.807) is 20.3 Å². The third-order valence-corrected chi connectivity index (χ3v) is 3.59. The van der Waals surface area contributed by atoms with Gasteiger partial charge in [-0.05, 0) is 18.4 Å². The molecule has 0 radical (unpaired) electrons. The van der Waals surface area contributed by atoms with Crippen molar-refractivity contribution in [3.8, 4) is 22.9 Å². The maximum atomic E-state index is 5.89. The number of nitrogens with two attached hydrogens (primary N) is 1. The molecule has 0 saturated heterocycles. The number of anilines is 1. The fourth-order valence-corrected chi connectivity index (χ4v) is 2.41. The van der Waals surface area contributed by atoms with Gasteiger partial charge in [-0.25, -0.2) is 0 Å². The summed E-state index contributed by atoms with van der Waals surface area (Å²) < 4.78 is 12.1. The first kappa shape index (κ1) is 14.4. The van der Waals surface area contributed by atoms with Crippen molar-refractivity contribution in [3.63, 3.8) is 0 Å². The molecule has 0 aliphatic heterocycles. The highest BCUT2D eigenvalue weighted by atomic mass is 32.2. The van der Waals surface area contributed by atoms with Gasteiger partial charge in [0.15, 0.2) is 22.5 Å². The SMILES string of the molecule is COc1cccc(-c2nc3nc(SC)nc(N)n3n2)c1OC. The summed E-state index contributed by atoms with van der Waals surface area (Å²) in [7, 11) is 3.14. The Morgan fingerprint density at radius 2 is 1.95 bits per heavy atom. The van der Waals surface area contributed by atoms with Crippen LogP contribution in [0.5, 0.6) is 11.5 Å². The van der Waals surface area contributed by atoms with Crippen LogP contribution in [0.25, 0.3) is 17.2 Å². The molecular formula is C13H14N6O2S. The molecule has 0 spiro atoms. The van der Waals surface area contributed by atoms with Gasteiger partial charge in [0.05, 0.1) is 19.8 Å². The molecule has 22 heavy (non-hydrogen) atoms. The molecule has 8 nitrogen and oxygen atoms in total. The van der Waals surface area contributed by atoms with Crippen LogP contribution in [0.2, 0.25) is 0 Å².